The molecule has 204 valence electrons. The van der Waals surface area contributed by atoms with E-state index in [1.807, 2.05) is 0 Å². The summed E-state index contributed by atoms with van der Waals surface area (Å²) >= 11 is 0. The van der Waals surface area contributed by atoms with Crippen LogP contribution in [0.4, 0.5) is 11.4 Å². The Morgan fingerprint density at radius 2 is 1.31 bits per heavy atom. The van der Waals surface area contributed by atoms with Crippen molar-refractivity contribution in [3.8, 4) is 33.4 Å². The highest BCUT2D eigenvalue weighted by molar-refractivity contribution is 5.88. The van der Waals surface area contributed by atoms with Gasteiger partial charge in [0, 0.05) is 22.4 Å². The number of hydrogen-bond donors (Lipinski definition) is 1. The number of fused-ring (bicyclic) bond motifs is 8. The first-order chi connectivity index (χ1) is 20.7. The molecular weight excluding hydrogens is 506 g/mol. The summed E-state index contributed by atoms with van der Waals surface area (Å²) < 4.78 is 0. The molecule has 1 heteroatoms. The molecule has 0 radical (unpaired) electrons. The van der Waals surface area contributed by atoms with Gasteiger partial charge in [-0.3, -0.25) is 0 Å². The maximum Gasteiger partial charge on any atom is 0.0463 e. The van der Waals surface area contributed by atoms with Gasteiger partial charge in [0.1, 0.15) is 0 Å². The molecule has 1 nitrogen and oxygen atoms in total. The van der Waals surface area contributed by atoms with E-state index in [9.17, 15) is 0 Å². The van der Waals surface area contributed by atoms with Crippen molar-refractivity contribution >= 4 is 11.4 Å². The van der Waals surface area contributed by atoms with Crippen molar-refractivity contribution in [1.82, 2.24) is 0 Å². The van der Waals surface area contributed by atoms with E-state index >= 15 is 0 Å². The molecule has 5 aromatic rings. The van der Waals surface area contributed by atoms with Gasteiger partial charge in [0.05, 0.1) is 0 Å². The molecule has 1 spiro atoms. The van der Waals surface area contributed by atoms with Gasteiger partial charge in [0.2, 0.25) is 0 Å². The fraction of sp³-hybridized carbons (Fsp3) is 0.220. The Kier molecular flexibility index (Phi) is 5.24. The van der Waals surface area contributed by atoms with Crippen LogP contribution in [0, 0.1) is 23.7 Å². The average molecular weight is 542 g/mol. The molecule has 4 aliphatic rings. The van der Waals surface area contributed by atoms with Crippen LogP contribution < -0.4 is 5.32 Å². The standard InChI is InChI=1S/C41H35N/c1-26-21-27-23-35-37(22-26)41(38(35)24-27)36-13-7-5-12-33(36)34-20-17-30(25-39(34)41)28-15-18-31(19-16-28)42-40-14-8-6-11-32(40)29-9-3-2-4-10-29/h2-20,22,25-27,35,38,42H,21,23-24H2,1H3. The lowest BCUT2D eigenvalue weighted by Crippen LogP contribution is -2.51. The monoisotopic (exact) mass is 541 g/mol. The lowest BCUT2D eigenvalue weighted by molar-refractivity contribution is 0.193. The molecule has 5 atom stereocenters. The highest BCUT2D eigenvalue weighted by Crippen LogP contribution is 2.73. The third kappa shape index (κ3) is 3.37. The predicted molar refractivity (Wildman–Crippen MR) is 175 cm³/mol. The summed E-state index contributed by atoms with van der Waals surface area (Å²) in [6.45, 7) is 2.45. The topological polar surface area (TPSA) is 12.0 Å². The molecule has 0 heterocycles. The number of rotatable bonds is 4. The fourth-order valence-electron chi connectivity index (χ4n) is 9.29. The third-order valence-electron chi connectivity index (χ3n) is 10.8. The highest BCUT2D eigenvalue weighted by atomic mass is 14.9. The molecular formula is C41H35N. The molecule has 1 N–H and O–H groups in total. The van der Waals surface area contributed by atoms with Gasteiger partial charge in [0.15, 0.2) is 0 Å². The molecule has 9 rings (SSSR count). The van der Waals surface area contributed by atoms with Crippen molar-refractivity contribution in [3.05, 3.63) is 144 Å². The largest absolute Gasteiger partial charge is 0.355 e. The summed E-state index contributed by atoms with van der Waals surface area (Å²) in [5.74, 6) is 3.09. The van der Waals surface area contributed by atoms with Gasteiger partial charge in [-0.15, -0.1) is 0 Å². The molecule has 5 aromatic carbocycles. The third-order valence-corrected chi connectivity index (χ3v) is 10.8. The normalized spacial score (nSPS) is 26.2. The Labute approximate surface area is 249 Å². The van der Waals surface area contributed by atoms with Crippen molar-refractivity contribution in [2.45, 2.75) is 31.6 Å². The Hall–Kier alpha value is -4.36. The second-order valence-electron chi connectivity index (χ2n) is 13.1. The van der Waals surface area contributed by atoms with Crippen molar-refractivity contribution < 1.29 is 0 Å². The van der Waals surface area contributed by atoms with Gasteiger partial charge in [-0.2, -0.15) is 0 Å². The second kappa shape index (κ2) is 9.07. The van der Waals surface area contributed by atoms with E-state index in [1.54, 1.807) is 16.7 Å². The lowest BCUT2D eigenvalue weighted by atomic mass is 9.47. The second-order valence-corrected chi connectivity index (χ2v) is 13.1. The molecule has 0 aromatic heterocycles. The first-order valence-electron chi connectivity index (χ1n) is 15.7. The van der Waals surface area contributed by atoms with E-state index in [0.29, 0.717) is 5.92 Å². The highest BCUT2D eigenvalue weighted by Gasteiger charge is 2.66. The Bertz CT molecular complexity index is 1860. The van der Waals surface area contributed by atoms with Crippen LogP contribution in [0.2, 0.25) is 0 Å². The molecule has 2 bridgehead atoms. The maximum atomic E-state index is 3.68. The van der Waals surface area contributed by atoms with E-state index in [2.05, 4.69) is 140 Å². The van der Waals surface area contributed by atoms with Gasteiger partial charge in [-0.25, -0.2) is 0 Å². The van der Waals surface area contributed by atoms with Crippen LogP contribution in [0.15, 0.2) is 133 Å². The summed E-state index contributed by atoms with van der Waals surface area (Å²) in [6, 6.07) is 44.7. The van der Waals surface area contributed by atoms with Gasteiger partial charge in [0.25, 0.3) is 0 Å². The number of para-hydroxylation sites is 1. The van der Waals surface area contributed by atoms with E-state index < -0.39 is 0 Å². The van der Waals surface area contributed by atoms with Crippen molar-refractivity contribution in [2.24, 2.45) is 23.7 Å². The zero-order chi connectivity index (χ0) is 27.8. The van der Waals surface area contributed by atoms with E-state index in [1.165, 1.54) is 52.6 Å². The molecule has 4 aliphatic carbocycles. The van der Waals surface area contributed by atoms with Crippen LogP contribution in [0.1, 0.15) is 37.3 Å². The van der Waals surface area contributed by atoms with Crippen LogP contribution in [0.5, 0.6) is 0 Å². The summed E-state index contributed by atoms with van der Waals surface area (Å²) in [5, 5.41) is 3.68. The van der Waals surface area contributed by atoms with Gasteiger partial charge < -0.3 is 5.32 Å². The molecule has 0 saturated heterocycles. The smallest absolute Gasteiger partial charge is 0.0463 e. The molecule has 42 heavy (non-hydrogen) atoms. The Morgan fingerprint density at radius 3 is 2.17 bits per heavy atom. The van der Waals surface area contributed by atoms with Gasteiger partial charge >= 0.3 is 0 Å². The summed E-state index contributed by atoms with van der Waals surface area (Å²) in [7, 11) is 0. The molecule has 2 fully saturated rings. The number of allylic oxidation sites excluding steroid dienone is 2. The number of nitrogens with one attached hydrogen (secondary N) is 1. The number of hydrogen-bond acceptors (Lipinski definition) is 1. The Balaban J connectivity index is 1.09. The quantitative estimate of drug-likeness (QED) is 0.223. The summed E-state index contributed by atoms with van der Waals surface area (Å²) in [6.07, 6.45) is 6.85. The van der Waals surface area contributed by atoms with Crippen LogP contribution in [-0.4, -0.2) is 0 Å². The summed E-state index contributed by atoms with van der Waals surface area (Å²) in [5.41, 5.74) is 15.1. The number of benzene rings is 5. The van der Waals surface area contributed by atoms with Crippen LogP contribution in [0.3, 0.4) is 0 Å². The van der Waals surface area contributed by atoms with Crippen LogP contribution in [-0.2, 0) is 5.41 Å². The molecule has 0 aliphatic heterocycles. The van der Waals surface area contributed by atoms with Crippen molar-refractivity contribution in [1.29, 1.82) is 0 Å². The van der Waals surface area contributed by atoms with Gasteiger partial charge in [-0.05, 0) is 106 Å². The van der Waals surface area contributed by atoms with Crippen LogP contribution in [0.25, 0.3) is 33.4 Å². The fourth-order valence-corrected chi connectivity index (χ4v) is 9.29. The van der Waals surface area contributed by atoms with Crippen molar-refractivity contribution in [3.63, 3.8) is 0 Å². The molecule has 0 amide bonds. The minimum Gasteiger partial charge on any atom is -0.355 e. The maximum absolute atomic E-state index is 3.68. The predicted octanol–water partition coefficient (Wildman–Crippen LogP) is 10.7. The van der Waals surface area contributed by atoms with E-state index in [0.717, 1.165) is 29.1 Å². The summed E-state index contributed by atoms with van der Waals surface area (Å²) in [4.78, 5) is 0. The van der Waals surface area contributed by atoms with E-state index in [-0.39, 0.29) is 5.41 Å². The molecule has 5 unspecified atom stereocenters. The lowest BCUT2D eigenvalue weighted by Gasteiger charge is -2.55. The number of anilines is 2. The SMILES string of the molecule is CC1C=C2C3CC(C1)CC3C21c2ccccc2-c2ccc(-c3ccc(Nc4ccccc4-c4ccccc4)cc3)cc21. The average Bonchev–Trinajstić information content (AvgIpc) is 3.50. The van der Waals surface area contributed by atoms with Crippen molar-refractivity contribution in [2.75, 3.05) is 5.32 Å². The van der Waals surface area contributed by atoms with E-state index in [4.69, 9.17) is 0 Å². The minimum absolute atomic E-state index is 0.0820. The first kappa shape index (κ1) is 24.3. The zero-order valence-corrected chi connectivity index (χ0v) is 24.1. The zero-order valence-electron chi connectivity index (χ0n) is 24.1. The van der Waals surface area contributed by atoms with Crippen LogP contribution >= 0.6 is 0 Å². The van der Waals surface area contributed by atoms with Gasteiger partial charge in [-0.1, -0.05) is 116 Å². The molecule has 2 saturated carbocycles. The minimum atomic E-state index is 0.0820. The first-order valence-corrected chi connectivity index (χ1v) is 15.7. The Morgan fingerprint density at radius 1 is 0.595 bits per heavy atom.